The number of fused-ring (bicyclic) bond motifs is 1. The predicted octanol–water partition coefficient (Wildman–Crippen LogP) is 3.16. The van der Waals surface area contributed by atoms with Crippen LogP contribution in [-0.2, 0) is 6.42 Å². The maximum absolute atomic E-state index is 10.7. The zero-order chi connectivity index (χ0) is 14.8. The first kappa shape index (κ1) is 13.5. The molecule has 0 atom stereocenters. The van der Waals surface area contributed by atoms with E-state index in [2.05, 4.69) is 15.3 Å². The Morgan fingerprint density at radius 2 is 2.29 bits per heavy atom. The van der Waals surface area contributed by atoms with Gasteiger partial charge >= 0.3 is 0 Å². The fourth-order valence-corrected chi connectivity index (χ4v) is 2.67. The molecule has 8 heteroatoms. The van der Waals surface area contributed by atoms with Crippen LogP contribution in [0.4, 0.5) is 11.7 Å². The molecule has 7 nitrogen and oxygen atoms in total. The zero-order valence-electron chi connectivity index (χ0n) is 11.2. The van der Waals surface area contributed by atoms with E-state index < -0.39 is 4.92 Å². The average molecular weight is 304 g/mol. The minimum atomic E-state index is -0.452. The molecule has 108 valence electrons. The van der Waals surface area contributed by atoms with Crippen molar-refractivity contribution in [2.45, 2.75) is 13.3 Å². The minimum absolute atomic E-state index is 0.000566. The Morgan fingerprint density at radius 3 is 3.00 bits per heavy atom. The standard InChI is InChI=1S/C13H12N4O3S/c1-8-7-21-12(15-8)4-5-14-13-16-10-6-9(17(18)19)2-3-11(10)20-13/h2-3,6-7H,4-5H2,1H3,(H,14,16). The highest BCUT2D eigenvalue weighted by Crippen LogP contribution is 2.23. The number of anilines is 1. The first-order chi connectivity index (χ1) is 10.1. The summed E-state index contributed by atoms with van der Waals surface area (Å²) >= 11 is 1.62. The third-order valence-corrected chi connectivity index (χ3v) is 3.89. The normalized spacial score (nSPS) is 10.9. The van der Waals surface area contributed by atoms with Gasteiger partial charge in [0, 0.05) is 36.2 Å². The van der Waals surface area contributed by atoms with Gasteiger partial charge in [0.15, 0.2) is 5.58 Å². The molecule has 0 spiro atoms. The van der Waals surface area contributed by atoms with Crippen molar-refractivity contribution in [1.82, 2.24) is 9.97 Å². The maximum atomic E-state index is 10.7. The van der Waals surface area contributed by atoms with Gasteiger partial charge in [-0.3, -0.25) is 10.1 Å². The summed E-state index contributed by atoms with van der Waals surface area (Å²) < 4.78 is 5.48. The molecule has 0 amide bonds. The molecule has 2 aromatic heterocycles. The number of nitro groups is 1. The number of non-ortho nitro benzene ring substituents is 1. The Bertz CT molecular complexity index is 796. The van der Waals surface area contributed by atoms with Crippen molar-refractivity contribution in [3.63, 3.8) is 0 Å². The number of nitrogens with one attached hydrogen (secondary N) is 1. The van der Waals surface area contributed by atoms with Crippen molar-refractivity contribution in [2.75, 3.05) is 11.9 Å². The molecule has 0 saturated heterocycles. The number of rotatable bonds is 5. The molecular formula is C13H12N4O3S. The second kappa shape index (κ2) is 5.49. The zero-order valence-corrected chi connectivity index (χ0v) is 12.0. The molecule has 0 aliphatic rings. The van der Waals surface area contributed by atoms with E-state index in [4.69, 9.17) is 4.42 Å². The summed E-state index contributed by atoms with van der Waals surface area (Å²) in [6, 6.07) is 4.71. The first-order valence-corrected chi connectivity index (χ1v) is 7.19. The van der Waals surface area contributed by atoms with Crippen LogP contribution >= 0.6 is 11.3 Å². The topological polar surface area (TPSA) is 94.1 Å². The van der Waals surface area contributed by atoms with Gasteiger partial charge in [-0.1, -0.05) is 0 Å². The number of nitrogens with zero attached hydrogens (tertiary/aromatic N) is 3. The molecule has 1 N–H and O–H groups in total. The molecule has 0 radical (unpaired) electrons. The summed E-state index contributed by atoms with van der Waals surface area (Å²) in [5, 5.41) is 16.8. The van der Waals surface area contributed by atoms with Gasteiger partial charge in [-0.2, -0.15) is 4.98 Å². The fraction of sp³-hybridized carbons (Fsp3) is 0.231. The number of aromatic nitrogens is 2. The highest BCUT2D eigenvalue weighted by molar-refractivity contribution is 7.09. The minimum Gasteiger partial charge on any atom is -0.424 e. The Morgan fingerprint density at radius 1 is 1.43 bits per heavy atom. The lowest BCUT2D eigenvalue weighted by atomic mass is 10.3. The summed E-state index contributed by atoms with van der Waals surface area (Å²) in [6.07, 6.45) is 0.775. The largest absolute Gasteiger partial charge is 0.424 e. The fourth-order valence-electron chi connectivity index (χ4n) is 1.90. The molecule has 0 aliphatic carbocycles. The third-order valence-electron chi connectivity index (χ3n) is 2.86. The third kappa shape index (κ3) is 3.00. The van der Waals surface area contributed by atoms with E-state index in [9.17, 15) is 10.1 Å². The van der Waals surface area contributed by atoms with Crippen molar-refractivity contribution >= 4 is 34.1 Å². The van der Waals surface area contributed by atoms with Gasteiger partial charge in [-0.25, -0.2) is 4.98 Å². The van der Waals surface area contributed by atoms with Gasteiger partial charge in [-0.15, -0.1) is 11.3 Å². The number of hydrogen-bond acceptors (Lipinski definition) is 7. The van der Waals surface area contributed by atoms with Gasteiger partial charge < -0.3 is 9.73 Å². The smallest absolute Gasteiger partial charge is 0.295 e. The van der Waals surface area contributed by atoms with Crippen molar-refractivity contribution in [3.05, 3.63) is 44.4 Å². The van der Waals surface area contributed by atoms with E-state index in [0.717, 1.165) is 17.1 Å². The van der Waals surface area contributed by atoms with Crippen molar-refractivity contribution in [1.29, 1.82) is 0 Å². The van der Waals surface area contributed by atoms with Crippen LogP contribution in [-0.4, -0.2) is 21.4 Å². The number of thiazole rings is 1. The molecule has 0 fully saturated rings. The van der Waals surface area contributed by atoms with E-state index in [1.54, 1.807) is 17.4 Å². The van der Waals surface area contributed by atoms with Crippen LogP contribution in [0, 0.1) is 17.0 Å². The number of aryl methyl sites for hydroxylation is 1. The van der Waals surface area contributed by atoms with Crippen LogP contribution in [0.5, 0.6) is 0 Å². The molecule has 0 saturated carbocycles. The predicted molar refractivity (Wildman–Crippen MR) is 79.7 cm³/mol. The van der Waals surface area contributed by atoms with E-state index >= 15 is 0 Å². The molecule has 3 aromatic rings. The van der Waals surface area contributed by atoms with Gasteiger partial charge in [0.05, 0.1) is 9.93 Å². The lowest BCUT2D eigenvalue weighted by molar-refractivity contribution is -0.384. The average Bonchev–Trinajstić information content (AvgIpc) is 3.03. The van der Waals surface area contributed by atoms with Crippen LogP contribution < -0.4 is 5.32 Å². The Labute approximate surface area is 123 Å². The van der Waals surface area contributed by atoms with Crippen LogP contribution in [0.3, 0.4) is 0 Å². The van der Waals surface area contributed by atoms with Gasteiger partial charge in [-0.05, 0) is 13.0 Å². The summed E-state index contributed by atoms with van der Waals surface area (Å²) in [4.78, 5) is 18.8. The molecule has 0 aliphatic heterocycles. The van der Waals surface area contributed by atoms with Gasteiger partial charge in [0.25, 0.3) is 11.7 Å². The highest BCUT2D eigenvalue weighted by atomic mass is 32.1. The Kier molecular flexibility index (Phi) is 3.53. The summed E-state index contributed by atoms with van der Waals surface area (Å²) in [6.45, 7) is 2.60. The number of hydrogen-bond donors (Lipinski definition) is 1. The molecule has 0 bridgehead atoms. The lowest BCUT2D eigenvalue weighted by Gasteiger charge is -1.98. The van der Waals surface area contributed by atoms with E-state index in [1.165, 1.54) is 12.1 Å². The molecule has 0 unspecified atom stereocenters. The quantitative estimate of drug-likeness (QED) is 0.574. The lowest BCUT2D eigenvalue weighted by Crippen LogP contribution is -2.04. The molecular weight excluding hydrogens is 292 g/mol. The first-order valence-electron chi connectivity index (χ1n) is 6.32. The number of nitro benzene ring substituents is 1. The maximum Gasteiger partial charge on any atom is 0.295 e. The monoisotopic (exact) mass is 304 g/mol. The number of oxazole rings is 1. The molecule has 3 rings (SSSR count). The summed E-state index contributed by atoms with van der Waals surface area (Å²) in [5.74, 6) is 0. The summed E-state index contributed by atoms with van der Waals surface area (Å²) in [5.41, 5.74) is 2.01. The second-order valence-electron chi connectivity index (χ2n) is 4.49. The second-order valence-corrected chi connectivity index (χ2v) is 5.43. The molecule has 21 heavy (non-hydrogen) atoms. The van der Waals surface area contributed by atoms with Crippen LogP contribution in [0.2, 0.25) is 0 Å². The van der Waals surface area contributed by atoms with Crippen molar-refractivity contribution in [3.8, 4) is 0 Å². The van der Waals surface area contributed by atoms with E-state index in [1.807, 2.05) is 12.3 Å². The summed E-state index contributed by atoms with van der Waals surface area (Å²) in [7, 11) is 0. The van der Waals surface area contributed by atoms with E-state index in [-0.39, 0.29) is 5.69 Å². The van der Waals surface area contributed by atoms with Crippen LogP contribution in [0.15, 0.2) is 28.0 Å². The van der Waals surface area contributed by atoms with Crippen molar-refractivity contribution < 1.29 is 9.34 Å². The van der Waals surface area contributed by atoms with E-state index in [0.29, 0.717) is 23.7 Å². The molecule has 1 aromatic carbocycles. The van der Waals surface area contributed by atoms with Gasteiger partial charge in [0.2, 0.25) is 0 Å². The Balaban J connectivity index is 1.68. The number of benzene rings is 1. The molecule has 2 heterocycles. The van der Waals surface area contributed by atoms with Crippen LogP contribution in [0.25, 0.3) is 11.1 Å². The highest BCUT2D eigenvalue weighted by Gasteiger charge is 2.11. The van der Waals surface area contributed by atoms with Crippen molar-refractivity contribution in [2.24, 2.45) is 0 Å². The SMILES string of the molecule is Cc1csc(CCNc2nc3cc([N+](=O)[O-])ccc3o2)n1. The van der Waals surface area contributed by atoms with Crippen LogP contribution in [0.1, 0.15) is 10.7 Å². The van der Waals surface area contributed by atoms with Gasteiger partial charge in [0.1, 0.15) is 5.52 Å². The Hall–Kier alpha value is -2.48.